The first-order valence-corrected chi connectivity index (χ1v) is 8.92. The van der Waals surface area contributed by atoms with Crippen LogP contribution in [0.15, 0.2) is 41.1 Å². The fraction of sp³-hybridized carbons (Fsp3) is 0.389. The predicted molar refractivity (Wildman–Crippen MR) is 98.0 cm³/mol. The Morgan fingerprint density at radius 3 is 2.65 bits per heavy atom. The number of carbonyl (C=O) groups is 1. The number of nitrogen functional groups attached to an aromatic ring is 1. The monoisotopic (exact) mass is 331 g/mol. The van der Waals surface area contributed by atoms with Crippen molar-refractivity contribution in [3.63, 3.8) is 0 Å². The van der Waals surface area contributed by atoms with Gasteiger partial charge in [-0.15, -0.1) is 0 Å². The second kappa shape index (κ2) is 8.70. The second-order valence-electron chi connectivity index (χ2n) is 5.73. The predicted octanol–water partition coefficient (Wildman–Crippen LogP) is 3.19. The zero-order chi connectivity index (χ0) is 16.7. The molecule has 0 saturated heterocycles. The lowest BCUT2D eigenvalue weighted by molar-refractivity contribution is 0.0948. The van der Waals surface area contributed by atoms with Crippen molar-refractivity contribution in [1.82, 2.24) is 10.2 Å². The number of rotatable bonds is 8. The Morgan fingerprint density at radius 1 is 1.30 bits per heavy atom. The highest BCUT2D eigenvalue weighted by Crippen LogP contribution is 2.19. The Bertz CT molecular complexity index is 595. The van der Waals surface area contributed by atoms with Crippen molar-refractivity contribution in [2.24, 2.45) is 0 Å². The molecule has 3 N–H and O–H groups in total. The smallest absolute Gasteiger partial charge is 0.251 e. The molecule has 0 fully saturated rings. The Balaban J connectivity index is 1.77. The van der Waals surface area contributed by atoms with E-state index in [2.05, 4.69) is 40.9 Å². The van der Waals surface area contributed by atoms with E-state index in [1.165, 1.54) is 5.56 Å². The lowest BCUT2D eigenvalue weighted by Crippen LogP contribution is -2.36. The number of benzene rings is 1. The molecule has 1 aromatic heterocycles. The number of nitrogens with zero attached hydrogens (tertiary/aromatic N) is 1. The van der Waals surface area contributed by atoms with Crippen LogP contribution >= 0.6 is 11.3 Å². The van der Waals surface area contributed by atoms with Crippen LogP contribution in [-0.4, -0.2) is 37.0 Å². The molecule has 0 aliphatic heterocycles. The molecule has 5 heteroatoms. The van der Waals surface area contributed by atoms with Crippen molar-refractivity contribution in [3.8, 4) is 0 Å². The van der Waals surface area contributed by atoms with Crippen molar-refractivity contribution in [3.05, 3.63) is 52.2 Å². The highest BCUT2D eigenvalue weighted by atomic mass is 32.1. The minimum Gasteiger partial charge on any atom is -0.399 e. The quantitative estimate of drug-likeness (QED) is 0.730. The number of carbonyl (C=O) groups excluding carboxylic acids is 1. The van der Waals surface area contributed by atoms with Gasteiger partial charge in [-0.1, -0.05) is 13.8 Å². The van der Waals surface area contributed by atoms with Crippen molar-refractivity contribution in [2.45, 2.75) is 19.8 Å². The number of thiophene rings is 1. The Labute approximate surface area is 142 Å². The van der Waals surface area contributed by atoms with Gasteiger partial charge < -0.3 is 16.0 Å². The summed E-state index contributed by atoms with van der Waals surface area (Å²) in [6.45, 7) is 7.89. The van der Waals surface area contributed by atoms with Gasteiger partial charge in [-0.2, -0.15) is 11.3 Å². The van der Waals surface area contributed by atoms with Gasteiger partial charge in [0.25, 0.3) is 5.91 Å². The van der Waals surface area contributed by atoms with E-state index < -0.39 is 0 Å². The average molecular weight is 331 g/mol. The van der Waals surface area contributed by atoms with E-state index in [4.69, 9.17) is 5.73 Å². The topological polar surface area (TPSA) is 58.4 Å². The zero-order valence-corrected chi connectivity index (χ0v) is 14.6. The first-order chi connectivity index (χ1) is 11.1. The second-order valence-corrected chi connectivity index (χ2v) is 6.51. The summed E-state index contributed by atoms with van der Waals surface area (Å²) in [6, 6.07) is 9.18. The van der Waals surface area contributed by atoms with Crippen molar-refractivity contribution in [1.29, 1.82) is 0 Å². The van der Waals surface area contributed by atoms with Crippen molar-refractivity contribution < 1.29 is 4.79 Å². The molecule has 2 aromatic rings. The standard InChI is InChI=1S/C18H25N3OS/c1-3-21(12-14(2)16-8-11-23-13-16)10-9-20-18(22)15-4-6-17(19)7-5-15/h4-8,11,13-14H,3,9-10,12,19H2,1-2H3,(H,20,22). The molecule has 0 saturated carbocycles. The molecule has 0 spiro atoms. The number of hydrogen-bond acceptors (Lipinski definition) is 4. The van der Waals surface area contributed by atoms with E-state index in [9.17, 15) is 4.79 Å². The van der Waals surface area contributed by atoms with Crippen molar-refractivity contribution >= 4 is 22.9 Å². The molecule has 23 heavy (non-hydrogen) atoms. The molecule has 0 radical (unpaired) electrons. The summed E-state index contributed by atoms with van der Waals surface area (Å²) in [5.41, 5.74) is 8.34. The molecule has 0 aliphatic carbocycles. The molecular weight excluding hydrogens is 306 g/mol. The number of amides is 1. The molecule has 1 atom stereocenters. The Morgan fingerprint density at radius 2 is 2.04 bits per heavy atom. The van der Waals surface area contributed by atoms with Crippen LogP contribution in [-0.2, 0) is 0 Å². The van der Waals surface area contributed by atoms with E-state index in [0.29, 0.717) is 23.7 Å². The highest BCUT2D eigenvalue weighted by Gasteiger charge is 2.12. The maximum absolute atomic E-state index is 12.1. The first-order valence-electron chi connectivity index (χ1n) is 7.98. The molecule has 1 aromatic carbocycles. The minimum atomic E-state index is -0.0491. The Hall–Kier alpha value is -1.85. The molecule has 124 valence electrons. The van der Waals surface area contributed by atoms with Gasteiger partial charge in [0.15, 0.2) is 0 Å². The summed E-state index contributed by atoms with van der Waals surface area (Å²) in [6.07, 6.45) is 0. The SMILES string of the molecule is CCN(CCNC(=O)c1ccc(N)cc1)CC(C)c1ccsc1. The summed E-state index contributed by atoms with van der Waals surface area (Å²) in [4.78, 5) is 14.4. The van der Waals surface area contributed by atoms with E-state index in [1.54, 1.807) is 35.6 Å². The molecule has 1 amide bonds. The fourth-order valence-electron chi connectivity index (χ4n) is 2.49. The van der Waals surface area contributed by atoms with Crippen LogP contribution in [0.1, 0.15) is 35.7 Å². The molecule has 0 aliphatic rings. The summed E-state index contributed by atoms with van der Waals surface area (Å²) in [5, 5.41) is 7.30. The normalized spacial score (nSPS) is 12.3. The molecule has 2 rings (SSSR count). The van der Waals surface area contributed by atoms with Crippen LogP contribution in [0.3, 0.4) is 0 Å². The van der Waals surface area contributed by atoms with Gasteiger partial charge in [-0.05, 0) is 59.1 Å². The maximum Gasteiger partial charge on any atom is 0.251 e. The van der Waals surface area contributed by atoms with Crippen LogP contribution in [0.4, 0.5) is 5.69 Å². The van der Waals surface area contributed by atoms with Gasteiger partial charge in [-0.25, -0.2) is 0 Å². The number of hydrogen-bond donors (Lipinski definition) is 2. The van der Waals surface area contributed by atoms with Crippen LogP contribution in [0.5, 0.6) is 0 Å². The summed E-state index contributed by atoms with van der Waals surface area (Å²) in [7, 11) is 0. The molecular formula is C18H25N3OS. The van der Waals surface area contributed by atoms with E-state index in [0.717, 1.165) is 19.6 Å². The fourth-order valence-corrected chi connectivity index (χ4v) is 3.27. The van der Waals surface area contributed by atoms with Gasteiger partial charge >= 0.3 is 0 Å². The van der Waals surface area contributed by atoms with Crippen LogP contribution < -0.4 is 11.1 Å². The van der Waals surface area contributed by atoms with Gasteiger partial charge in [-0.3, -0.25) is 4.79 Å². The Kier molecular flexibility index (Phi) is 6.62. The van der Waals surface area contributed by atoms with Crippen LogP contribution in [0.2, 0.25) is 0 Å². The number of anilines is 1. The van der Waals surface area contributed by atoms with Gasteiger partial charge in [0, 0.05) is 30.9 Å². The number of likely N-dealkylation sites (N-methyl/N-ethyl adjacent to an activating group) is 1. The van der Waals surface area contributed by atoms with E-state index >= 15 is 0 Å². The third kappa shape index (κ3) is 5.37. The third-order valence-electron chi connectivity index (χ3n) is 3.98. The minimum absolute atomic E-state index is 0.0491. The third-order valence-corrected chi connectivity index (χ3v) is 4.68. The van der Waals surface area contributed by atoms with Gasteiger partial charge in [0.1, 0.15) is 0 Å². The average Bonchev–Trinajstić information content (AvgIpc) is 3.09. The molecule has 1 unspecified atom stereocenters. The van der Waals surface area contributed by atoms with Crippen LogP contribution in [0, 0.1) is 0 Å². The first kappa shape index (κ1) is 17.5. The summed E-state index contributed by atoms with van der Waals surface area (Å²) < 4.78 is 0. The summed E-state index contributed by atoms with van der Waals surface area (Å²) in [5.74, 6) is 0.459. The number of nitrogens with one attached hydrogen (secondary N) is 1. The largest absolute Gasteiger partial charge is 0.399 e. The van der Waals surface area contributed by atoms with Gasteiger partial charge in [0.2, 0.25) is 0 Å². The zero-order valence-electron chi connectivity index (χ0n) is 13.8. The summed E-state index contributed by atoms with van der Waals surface area (Å²) >= 11 is 1.74. The van der Waals surface area contributed by atoms with Gasteiger partial charge in [0.05, 0.1) is 0 Å². The van der Waals surface area contributed by atoms with E-state index in [1.807, 2.05) is 0 Å². The maximum atomic E-state index is 12.1. The molecule has 1 heterocycles. The molecule has 0 bridgehead atoms. The number of nitrogens with two attached hydrogens (primary N) is 1. The molecule has 4 nitrogen and oxygen atoms in total. The van der Waals surface area contributed by atoms with E-state index in [-0.39, 0.29) is 5.91 Å². The highest BCUT2D eigenvalue weighted by molar-refractivity contribution is 7.07. The van der Waals surface area contributed by atoms with Crippen LogP contribution in [0.25, 0.3) is 0 Å². The lowest BCUT2D eigenvalue weighted by Gasteiger charge is -2.24. The lowest BCUT2D eigenvalue weighted by atomic mass is 10.0. The van der Waals surface area contributed by atoms with Crippen molar-refractivity contribution in [2.75, 3.05) is 31.9 Å².